The Balaban J connectivity index is 1.62. The van der Waals surface area contributed by atoms with Crippen LogP contribution in [0, 0.1) is 6.92 Å². The number of nitrogens with one attached hydrogen (secondary N) is 1. The van der Waals surface area contributed by atoms with Crippen molar-refractivity contribution in [3.8, 4) is 0 Å². The molecule has 2 aliphatic rings. The van der Waals surface area contributed by atoms with Crippen LogP contribution in [0.5, 0.6) is 0 Å². The molecule has 1 aliphatic carbocycles. The van der Waals surface area contributed by atoms with Crippen LogP contribution in [0.15, 0.2) is 36.7 Å². The average molecular weight is 333 g/mol. The summed E-state index contributed by atoms with van der Waals surface area (Å²) < 4.78 is 7.61. The minimum Gasteiger partial charge on any atom is -0.380 e. The number of methoxy groups -OCH3 is 1. The standard InChI is InChI=1S/C21H23N3O/c1-14-11-24-12-17(13-25-2)18-7-8-21(23-19(18)20(24)22-14)9-15-5-3-4-6-16(15)10-21/h3-6,11-12,23H,7-10,13H2,1-2H3. The van der Waals surface area contributed by atoms with Crippen molar-refractivity contribution in [2.45, 2.75) is 44.8 Å². The smallest absolute Gasteiger partial charge is 0.160 e. The molecular weight excluding hydrogens is 310 g/mol. The van der Waals surface area contributed by atoms with E-state index in [1.807, 2.05) is 0 Å². The third kappa shape index (κ3) is 2.28. The lowest BCUT2D eigenvalue weighted by molar-refractivity contribution is 0.183. The highest BCUT2D eigenvalue weighted by atomic mass is 16.5. The van der Waals surface area contributed by atoms with Gasteiger partial charge in [-0.05, 0) is 54.9 Å². The highest BCUT2D eigenvalue weighted by Crippen LogP contribution is 2.42. The minimum atomic E-state index is 0.128. The number of nitrogens with zero attached hydrogens (tertiary/aromatic N) is 2. The van der Waals surface area contributed by atoms with Crippen LogP contribution in [0.2, 0.25) is 0 Å². The Morgan fingerprint density at radius 1 is 1.20 bits per heavy atom. The van der Waals surface area contributed by atoms with E-state index in [0.29, 0.717) is 6.61 Å². The fraction of sp³-hybridized carbons (Fsp3) is 0.381. The molecule has 25 heavy (non-hydrogen) atoms. The molecule has 0 atom stereocenters. The second-order valence-corrected chi connectivity index (χ2v) is 7.58. The average Bonchev–Trinajstić information content (AvgIpc) is 3.14. The van der Waals surface area contributed by atoms with Crippen molar-refractivity contribution in [3.05, 3.63) is 64.6 Å². The largest absolute Gasteiger partial charge is 0.380 e. The number of anilines is 1. The Bertz CT molecular complexity index is 948. The van der Waals surface area contributed by atoms with Crippen LogP contribution < -0.4 is 5.32 Å². The molecule has 3 heterocycles. The van der Waals surface area contributed by atoms with E-state index >= 15 is 0 Å². The normalized spacial score (nSPS) is 17.5. The first-order valence-corrected chi connectivity index (χ1v) is 9.01. The Morgan fingerprint density at radius 2 is 1.96 bits per heavy atom. The maximum absolute atomic E-state index is 5.46. The van der Waals surface area contributed by atoms with Crippen LogP contribution in [-0.2, 0) is 30.6 Å². The number of imidazole rings is 1. The van der Waals surface area contributed by atoms with Crippen LogP contribution in [0.25, 0.3) is 5.65 Å². The summed E-state index contributed by atoms with van der Waals surface area (Å²) in [6, 6.07) is 8.86. The predicted octanol–water partition coefficient (Wildman–Crippen LogP) is 3.68. The van der Waals surface area contributed by atoms with Crippen LogP contribution in [0.4, 0.5) is 5.69 Å². The molecule has 0 saturated heterocycles. The second-order valence-electron chi connectivity index (χ2n) is 7.58. The SMILES string of the molecule is COCc1cn2cc(C)nc2c2c1CCC1(Cc3ccccc3C1)N2. The minimum absolute atomic E-state index is 0.128. The summed E-state index contributed by atoms with van der Waals surface area (Å²) in [5.74, 6) is 0. The number of aromatic nitrogens is 2. The maximum atomic E-state index is 5.46. The zero-order valence-electron chi connectivity index (χ0n) is 14.8. The molecule has 5 rings (SSSR count). The Hall–Kier alpha value is -2.33. The lowest BCUT2D eigenvalue weighted by Gasteiger charge is -2.38. The van der Waals surface area contributed by atoms with E-state index in [1.54, 1.807) is 7.11 Å². The highest BCUT2D eigenvalue weighted by Gasteiger charge is 2.40. The molecule has 2 aromatic heterocycles. The summed E-state index contributed by atoms with van der Waals surface area (Å²) in [5, 5.41) is 3.94. The van der Waals surface area contributed by atoms with Crippen molar-refractivity contribution in [1.29, 1.82) is 0 Å². The maximum Gasteiger partial charge on any atom is 0.160 e. The van der Waals surface area contributed by atoms with Gasteiger partial charge in [0.25, 0.3) is 0 Å². The number of aryl methyl sites for hydroxylation is 1. The van der Waals surface area contributed by atoms with Gasteiger partial charge in [0, 0.05) is 25.0 Å². The number of fused-ring (bicyclic) bond motifs is 4. The van der Waals surface area contributed by atoms with Gasteiger partial charge in [-0.1, -0.05) is 24.3 Å². The molecule has 1 spiro atoms. The summed E-state index contributed by atoms with van der Waals surface area (Å²) in [7, 11) is 1.76. The highest BCUT2D eigenvalue weighted by molar-refractivity contribution is 5.76. The molecule has 4 nitrogen and oxygen atoms in total. The molecule has 0 saturated carbocycles. The van der Waals surface area contributed by atoms with Gasteiger partial charge in [0.2, 0.25) is 0 Å². The number of benzene rings is 1. The number of rotatable bonds is 2. The quantitative estimate of drug-likeness (QED) is 0.777. The van der Waals surface area contributed by atoms with E-state index in [9.17, 15) is 0 Å². The topological polar surface area (TPSA) is 38.6 Å². The fourth-order valence-corrected chi connectivity index (χ4v) is 4.69. The van der Waals surface area contributed by atoms with Gasteiger partial charge < -0.3 is 14.5 Å². The number of hydrogen-bond donors (Lipinski definition) is 1. The van der Waals surface area contributed by atoms with Crippen molar-refractivity contribution in [2.24, 2.45) is 0 Å². The van der Waals surface area contributed by atoms with E-state index < -0.39 is 0 Å². The molecule has 0 amide bonds. The van der Waals surface area contributed by atoms with Gasteiger partial charge in [-0.25, -0.2) is 4.98 Å². The first-order chi connectivity index (χ1) is 12.2. The van der Waals surface area contributed by atoms with E-state index in [-0.39, 0.29) is 5.54 Å². The van der Waals surface area contributed by atoms with E-state index in [0.717, 1.165) is 37.0 Å². The molecule has 1 N–H and O–H groups in total. The number of pyridine rings is 1. The van der Waals surface area contributed by atoms with Gasteiger partial charge in [-0.3, -0.25) is 0 Å². The zero-order chi connectivity index (χ0) is 17.0. The summed E-state index contributed by atoms with van der Waals surface area (Å²) in [5.41, 5.74) is 9.05. The Labute approximate surface area is 147 Å². The van der Waals surface area contributed by atoms with Crippen molar-refractivity contribution in [1.82, 2.24) is 9.38 Å². The Morgan fingerprint density at radius 3 is 2.68 bits per heavy atom. The predicted molar refractivity (Wildman–Crippen MR) is 99.2 cm³/mol. The van der Waals surface area contributed by atoms with Crippen molar-refractivity contribution >= 4 is 11.3 Å². The lowest BCUT2D eigenvalue weighted by atomic mass is 9.83. The third-order valence-electron chi connectivity index (χ3n) is 5.78. The molecule has 3 aromatic rings. The van der Waals surface area contributed by atoms with Crippen molar-refractivity contribution < 1.29 is 4.74 Å². The third-order valence-corrected chi connectivity index (χ3v) is 5.78. The lowest BCUT2D eigenvalue weighted by Crippen LogP contribution is -2.43. The van der Waals surface area contributed by atoms with Gasteiger partial charge in [-0.2, -0.15) is 0 Å². The zero-order valence-corrected chi connectivity index (χ0v) is 14.8. The molecular formula is C21H23N3O. The molecule has 128 valence electrons. The molecule has 1 aromatic carbocycles. The van der Waals surface area contributed by atoms with Crippen LogP contribution >= 0.6 is 0 Å². The van der Waals surface area contributed by atoms with Gasteiger partial charge in [0.15, 0.2) is 5.65 Å². The van der Waals surface area contributed by atoms with Gasteiger partial charge in [0.05, 0.1) is 18.0 Å². The van der Waals surface area contributed by atoms with Crippen LogP contribution in [0.1, 0.15) is 34.4 Å². The first-order valence-electron chi connectivity index (χ1n) is 9.01. The summed E-state index contributed by atoms with van der Waals surface area (Å²) in [4.78, 5) is 4.79. The van der Waals surface area contributed by atoms with Gasteiger partial charge in [0.1, 0.15) is 0 Å². The first kappa shape index (κ1) is 15.0. The molecule has 0 bridgehead atoms. The monoisotopic (exact) mass is 333 g/mol. The van der Waals surface area contributed by atoms with Crippen LogP contribution in [-0.4, -0.2) is 22.0 Å². The van der Waals surface area contributed by atoms with Crippen LogP contribution in [0.3, 0.4) is 0 Å². The van der Waals surface area contributed by atoms with E-state index in [2.05, 4.69) is 53.3 Å². The second kappa shape index (κ2) is 5.33. The summed E-state index contributed by atoms with van der Waals surface area (Å²) in [6.45, 7) is 2.70. The molecule has 1 aliphatic heterocycles. The molecule has 0 radical (unpaired) electrons. The molecule has 4 heteroatoms. The number of hydrogen-bond acceptors (Lipinski definition) is 3. The van der Waals surface area contributed by atoms with E-state index in [4.69, 9.17) is 9.72 Å². The van der Waals surface area contributed by atoms with Crippen molar-refractivity contribution in [2.75, 3.05) is 12.4 Å². The summed E-state index contributed by atoms with van der Waals surface area (Å²) >= 11 is 0. The fourth-order valence-electron chi connectivity index (χ4n) is 4.69. The molecule has 0 fully saturated rings. The summed E-state index contributed by atoms with van der Waals surface area (Å²) in [6.07, 6.45) is 8.71. The van der Waals surface area contributed by atoms with Gasteiger partial charge >= 0.3 is 0 Å². The van der Waals surface area contributed by atoms with Crippen molar-refractivity contribution in [3.63, 3.8) is 0 Å². The van der Waals surface area contributed by atoms with Gasteiger partial charge in [-0.15, -0.1) is 0 Å². The molecule has 0 unspecified atom stereocenters. The Kier molecular flexibility index (Phi) is 3.19. The number of ether oxygens (including phenoxy) is 1. The van der Waals surface area contributed by atoms with E-state index in [1.165, 1.54) is 27.9 Å².